The highest BCUT2D eigenvalue weighted by molar-refractivity contribution is 6.99. The lowest BCUT2D eigenvalue weighted by Crippen LogP contribution is -2.66. The minimum Gasteiger partial charge on any atom is -0.497 e. The predicted molar refractivity (Wildman–Crippen MR) is 122 cm³/mol. The maximum atomic E-state index is 6.98. The second-order valence-corrected chi connectivity index (χ2v) is 12.5. The van der Waals surface area contributed by atoms with Crippen molar-refractivity contribution in [1.82, 2.24) is 0 Å². The molecule has 0 aliphatic rings. The van der Waals surface area contributed by atoms with Gasteiger partial charge < -0.3 is 13.9 Å². The molecule has 0 aliphatic carbocycles. The van der Waals surface area contributed by atoms with Crippen molar-refractivity contribution in [2.75, 3.05) is 14.2 Å². The second-order valence-electron chi connectivity index (χ2n) is 8.17. The first-order chi connectivity index (χ1) is 13.9. The molecule has 3 aromatic rings. The molecule has 3 nitrogen and oxygen atoms in total. The number of rotatable bonds is 7. The van der Waals surface area contributed by atoms with Crippen LogP contribution in [0, 0.1) is 0 Å². The van der Waals surface area contributed by atoms with Crippen LogP contribution in [0.2, 0.25) is 5.04 Å². The third-order valence-electron chi connectivity index (χ3n) is 5.28. The Morgan fingerprint density at radius 1 is 0.690 bits per heavy atom. The Kier molecular flexibility index (Phi) is 6.45. The largest absolute Gasteiger partial charge is 0.497 e. The van der Waals surface area contributed by atoms with Crippen molar-refractivity contribution in [3.63, 3.8) is 0 Å². The van der Waals surface area contributed by atoms with Gasteiger partial charge in [0.2, 0.25) is 0 Å². The Hall–Kier alpha value is -2.56. The van der Waals surface area contributed by atoms with Crippen LogP contribution in [0.4, 0.5) is 0 Å². The van der Waals surface area contributed by atoms with Gasteiger partial charge in [-0.3, -0.25) is 0 Å². The summed E-state index contributed by atoms with van der Waals surface area (Å²) in [6.45, 7) is 7.34. The molecule has 3 aromatic carbocycles. The highest BCUT2D eigenvalue weighted by atomic mass is 28.4. The number of benzene rings is 3. The Labute approximate surface area is 175 Å². The molecular formula is C25H30O3Si. The van der Waals surface area contributed by atoms with E-state index < -0.39 is 8.32 Å². The highest BCUT2D eigenvalue weighted by Gasteiger charge is 2.50. The molecule has 0 saturated heterocycles. The molecule has 0 aromatic heterocycles. The van der Waals surface area contributed by atoms with E-state index in [0.717, 1.165) is 17.1 Å². The zero-order valence-electron chi connectivity index (χ0n) is 17.9. The van der Waals surface area contributed by atoms with Crippen LogP contribution < -0.4 is 19.8 Å². The first kappa shape index (κ1) is 21.2. The average molecular weight is 407 g/mol. The van der Waals surface area contributed by atoms with E-state index in [1.165, 1.54) is 10.4 Å². The Balaban J connectivity index is 2.09. The van der Waals surface area contributed by atoms with Crippen LogP contribution in [0.15, 0.2) is 78.9 Å². The van der Waals surface area contributed by atoms with E-state index in [2.05, 4.69) is 81.4 Å². The van der Waals surface area contributed by atoms with Gasteiger partial charge in [0.25, 0.3) is 8.32 Å². The van der Waals surface area contributed by atoms with E-state index in [9.17, 15) is 0 Å². The summed E-state index contributed by atoms with van der Waals surface area (Å²) < 4.78 is 17.9. The normalized spacial score (nSPS) is 11.9. The van der Waals surface area contributed by atoms with Gasteiger partial charge in [-0.05, 0) is 33.1 Å². The van der Waals surface area contributed by atoms with Crippen molar-refractivity contribution in [2.45, 2.75) is 32.4 Å². The highest BCUT2D eigenvalue weighted by Crippen LogP contribution is 2.37. The third-order valence-corrected chi connectivity index (χ3v) is 10.3. The molecule has 0 unspecified atom stereocenters. The molecule has 0 radical (unpaired) electrons. The van der Waals surface area contributed by atoms with Crippen LogP contribution in [0.25, 0.3) is 0 Å². The van der Waals surface area contributed by atoms with E-state index >= 15 is 0 Å². The molecule has 0 heterocycles. The van der Waals surface area contributed by atoms with Gasteiger partial charge in [-0.25, -0.2) is 0 Å². The van der Waals surface area contributed by atoms with Gasteiger partial charge in [-0.1, -0.05) is 81.4 Å². The van der Waals surface area contributed by atoms with Crippen LogP contribution in [0.1, 0.15) is 26.3 Å². The number of hydrogen-bond acceptors (Lipinski definition) is 3. The Morgan fingerprint density at radius 2 is 1.14 bits per heavy atom. The fraction of sp³-hybridized carbons (Fsp3) is 0.280. The van der Waals surface area contributed by atoms with E-state index in [-0.39, 0.29) is 5.04 Å². The van der Waals surface area contributed by atoms with Crippen LogP contribution in [0.3, 0.4) is 0 Å². The molecule has 0 spiro atoms. The van der Waals surface area contributed by atoms with Crippen molar-refractivity contribution >= 4 is 18.7 Å². The van der Waals surface area contributed by atoms with Gasteiger partial charge in [0.1, 0.15) is 11.5 Å². The van der Waals surface area contributed by atoms with E-state index in [0.29, 0.717) is 6.61 Å². The number of ether oxygens (including phenoxy) is 2. The summed E-state index contributed by atoms with van der Waals surface area (Å²) in [5, 5.41) is 2.49. The molecule has 0 N–H and O–H groups in total. The molecule has 0 aliphatic heterocycles. The van der Waals surface area contributed by atoms with Crippen LogP contribution in [-0.2, 0) is 11.0 Å². The first-order valence-electron chi connectivity index (χ1n) is 9.87. The van der Waals surface area contributed by atoms with Crippen molar-refractivity contribution in [3.05, 3.63) is 84.4 Å². The van der Waals surface area contributed by atoms with E-state index in [1.807, 2.05) is 18.2 Å². The van der Waals surface area contributed by atoms with Gasteiger partial charge in [0.15, 0.2) is 0 Å². The van der Waals surface area contributed by atoms with Gasteiger partial charge in [0, 0.05) is 6.07 Å². The second kappa shape index (κ2) is 8.85. The van der Waals surface area contributed by atoms with E-state index in [4.69, 9.17) is 13.9 Å². The molecule has 152 valence electrons. The van der Waals surface area contributed by atoms with Crippen LogP contribution in [0.5, 0.6) is 11.5 Å². The van der Waals surface area contributed by atoms with Crippen molar-refractivity contribution in [2.24, 2.45) is 0 Å². The lowest BCUT2D eigenvalue weighted by molar-refractivity contribution is 0.284. The predicted octanol–water partition coefficient (Wildman–Crippen LogP) is 4.78. The summed E-state index contributed by atoms with van der Waals surface area (Å²) in [5.74, 6) is 1.54. The average Bonchev–Trinajstić information content (AvgIpc) is 2.74. The van der Waals surface area contributed by atoms with Crippen molar-refractivity contribution < 1.29 is 13.9 Å². The molecule has 0 amide bonds. The summed E-state index contributed by atoms with van der Waals surface area (Å²) in [4.78, 5) is 0. The van der Waals surface area contributed by atoms with Crippen molar-refractivity contribution in [3.8, 4) is 11.5 Å². The fourth-order valence-corrected chi connectivity index (χ4v) is 8.44. The molecular weight excluding hydrogens is 376 g/mol. The van der Waals surface area contributed by atoms with Crippen LogP contribution in [-0.4, -0.2) is 22.5 Å². The number of hydrogen-bond donors (Lipinski definition) is 0. The monoisotopic (exact) mass is 406 g/mol. The van der Waals surface area contributed by atoms with E-state index in [1.54, 1.807) is 14.2 Å². The number of methoxy groups -OCH3 is 2. The van der Waals surface area contributed by atoms with Crippen LogP contribution >= 0.6 is 0 Å². The first-order valence-corrected chi connectivity index (χ1v) is 11.8. The maximum Gasteiger partial charge on any atom is 0.261 e. The third kappa shape index (κ3) is 4.39. The molecule has 29 heavy (non-hydrogen) atoms. The lowest BCUT2D eigenvalue weighted by atomic mass is 10.2. The Morgan fingerprint density at radius 3 is 1.52 bits per heavy atom. The fourth-order valence-electron chi connectivity index (χ4n) is 3.90. The van der Waals surface area contributed by atoms with Gasteiger partial charge in [-0.15, -0.1) is 0 Å². The van der Waals surface area contributed by atoms with Gasteiger partial charge >= 0.3 is 0 Å². The molecule has 0 bridgehead atoms. The lowest BCUT2D eigenvalue weighted by Gasteiger charge is -2.43. The summed E-state index contributed by atoms with van der Waals surface area (Å²) in [6.07, 6.45) is 0. The zero-order valence-corrected chi connectivity index (χ0v) is 18.9. The SMILES string of the molecule is COc1cc(CO[Si](c2ccccc2)(c2ccccc2)C(C)(C)C)cc(OC)c1. The molecule has 4 heteroatoms. The summed E-state index contributed by atoms with van der Waals surface area (Å²) >= 11 is 0. The Bertz CT molecular complexity index is 856. The standard InChI is InChI=1S/C25H30O3Si/c1-25(2,3)29(23-12-8-6-9-13-23,24-14-10-7-11-15-24)28-19-20-16-21(26-4)18-22(17-20)27-5/h6-18H,19H2,1-5H3. The maximum absolute atomic E-state index is 6.98. The smallest absolute Gasteiger partial charge is 0.261 e. The molecule has 3 rings (SSSR count). The summed E-state index contributed by atoms with van der Waals surface area (Å²) in [6, 6.07) is 27.3. The minimum atomic E-state index is -2.57. The minimum absolute atomic E-state index is 0.0569. The summed E-state index contributed by atoms with van der Waals surface area (Å²) in [5.41, 5.74) is 1.04. The zero-order chi connectivity index (χ0) is 20.9. The van der Waals surface area contributed by atoms with Gasteiger partial charge in [-0.2, -0.15) is 0 Å². The molecule has 0 fully saturated rings. The quantitative estimate of drug-likeness (QED) is 0.529. The molecule has 0 saturated carbocycles. The summed E-state index contributed by atoms with van der Waals surface area (Å²) in [7, 11) is 0.768. The van der Waals surface area contributed by atoms with Crippen molar-refractivity contribution in [1.29, 1.82) is 0 Å². The topological polar surface area (TPSA) is 27.7 Å². The molecule has 0 atom stereocenters. The van der Waals surface area contributed by atoms with Gasteiger partial charge in [0.05, 0.1) is 20.8 Å².